The van der Waals surface area contributed by atoms with E-state index in [1.165, 1.54) is 0 Å². The second-order valence-electron chi connectivity index (χ2n) is 7.44. The molecule has 1 aromatic carbocycles. The Kier molecular flexibility index (Phi) is 5.95. The van der Waals surface area contributed by atoms with Crippen molar-refractivity contribution in [1.82, 2.24) is 10.3 Å². The van der Waals surface area contributed by atoms with E-state index in [4.69, 9.17) is 0 Å². The van der Waals surface area contributed by atoms with E-state index < -0.39 is 0 Å². The first-order valence-electron chi connectivity index (χ1n) is 10.2. The van der Waals surface area contributed by atoms with E-state index in [0.717, 1.165) is 16.6 Å². The maximum Gasteiger partial charge on any atom is 0.241 e. The predicted molar refractivity (Wildman–Crippen MR) is 123 cm³/mol. The van der Waals surface area contributed by atoms with Gasteiger partial charge in [-0.3, -0.25) is 14.4 Å². The van der Waals surface area contributed by atoms with Gasteiger partial charge in [0.25, 0.3) is 0 Å². The summed E-state index contributed by atoms with van der Waals surface area (Å²) in [5.74, 6) is -0.337. The van der Waals surface area contributed by atoms with E-state index in [2.05, 4.69) is 15.6 Å². The number of nitrogens with zero attached hydrogens (tertiary/aromatic N) is 1. The lowest BCUT2D eigenvalue weighted by molar-refractivity contribution is -0.117. The Morgan fingerprint density at radius 1 is 1.23 bits per heavy atom. The van der Waals surface area contributed by atoms with Crippen LogP contribution in [0.15, 0.2) is 47.4 Å². The number of likely N-dealkylation sites (N-methyl/N-ethyl adjacent to an activating group) is 1. The van der Waals surface area contributed by atoms with Crippen molar-refractivity contribution in [3.8, 4) is 0 Å². The lowest BCUT2D eigenvalue weighted by Gasteiger charge is -2.27. The van der Waals surface area contributed by atoms with Crippen LogP contribution in [0.1, 0.15) is 17.5 Å². The number of fused-ring (bicyclic) bond motifs is 2. The zero-order valence-corrected chi connectivity index (χ0v) is 17.3. The van der Waals surface area contributed by atoms with Crippen LogP contribution in [-0.2, 0) is 16.0 Å². The predicted octanol–water partition coefficient (Wildman–Crippen LogP) is 0.656. The van der Waals surface area contributed by atoms with Crippen molar-refractivity contribution in [1.29, 1.82) is 0 Å². The number of rotatable bonds is 5. The first kappa shape index (κ1) is 20.6. The van der Waals surface area contributed by atoms with Gasteiger partial charge in [0.1, 0.15) is 0 Å². The minimum atomic E-state index is -0.291. The monoisotopic (exact) mass is 416 g/mol. The third-order valence-corrected chi connectivity index (χ3v) is 5.26. The van der Waals surface area contributed by atoms with Gasteiger partial charge in [0.15, 0.2) is 5.43 Å². The number of aromatic amines is 1. The molecule has 1 aliphatic heterocycles. The van der Waals surface area contributed by atoms with E-state index in [-0.39, 0.29) is 30.2 Å². The molecular formula is C24H24N4O3. The highest BCUT2D eigenvalue weighted by atomic mass is 16.2. The number of nitrogens with one attached hydrogen (secondary N) is 3. The van der Waals surface area contributed by atoms with Gasteiger partial charge in [-0.25, -0.2) is 0 Å². The number of carbonyl (C=O) groups is 2. The van der Waals surface area contributed by atoms with E-state index in [1.807, 2.05) is 42.5 Å². The molecule has 4 rings (SSSR count). The number of hydrogen-bond acceptors (Lipinski definition) is 4. The number of amides is 2. The average molecular weight is 416 g/mol. The van der Waals surface area contributed by atoms with Crippen LogP contribution < -0.4 is 31.5 Å². The van der Waals surface area contributed by atoms with Gasteiger partial charge in [0.05, 0.1) is 18.7 Å². The van der Waals surface area contributed by atoms with Gasteiger partial charge in [-0.05, 0) is 37.2 Å². The summed E-state index contributed by atoms with van der Waals surface area (Å²) >= 11 is 0. The smallest absolute Gasteiger partial charge is 0.241 e. The van der Waals surface area contributed by atoms with Crippen LogP contribution in [0, 0.1) is 0 Å². The summed E-state index contributed by atoms with van der Waals surface area (Å²) in [7, 11) is 1.73. The fraction of sp³-hybridized carbons (Fsp3) is 0.208. The largest absolute Gasteiger partial charge is 0.361 e. The maximum absolute atomic E-state index is 12.8. The highest BCUT2D eigenvalue weighted by Gasteiger charge is 2.20. The van der Waals surface area contributed by atoms with Gasteiger partial charge in [-0.2, -0.15) is 0 Å². The molecule has 2 heterocycles. The summed E-state index contributed by atoms with van der Waals surface area (Å²) in [6.45, 7) is 0.715. The molecule has 2 aliphatic rings. The first-order valence-corrected chi connectivity index (χ1v) is 10.2. The highest BCUT2D eigenvalue weighted by molar-refractivity contribution is 6.00. The summed E-state index contributed by atoms with van der Waals surface area (Å²) < 4.78 is 0. The molecule has 7 heteroatoms. The normalized spacial score (nSPS) is 14.0. The van der Waals surface area contributed by atoms with Crippen LogP contribution >= 0.6 is 0 Å². The molecule has 0 atom stereocenters. The fourth-order valence-electron chi connectivity index (χ4n) is 3.74. The minimum absolute atomic E-state index is 0.0384. The molecule has 0 spiro atoms. The third kappa shape index (κ3) is 4.41. The van der Waals surface area contributed by atoms with Crippen molar-refractivity contribution in [2.45, 2.75) is 12.8 Å². The molecule has 2 aromatic rings. The quantitative estimate of drug-likeness (QED) is 0.667. The Hall–Kier alpha value is -3.71. The first-order chi connectivity index (χ1) is 15.1. The molecular weight excluding hydrogens is 392 g/mol. The number of H-pyrrole nitrogens is 1. The standard InChI is InChI=1S/C24H24N4O3/c1-25-15-23(30)28-11-5-6-16-9-10-18(13-21(16)28)27-22(29)12-17-14-26-20-8-4-2-3-7-19(20)24(17)31/h2,4-10,13-14,25-26H,3,11-12,15H2,1H3,(H,27,29). The fourth-order valence-corrected chi connectivity index (χ4v) is 3.74. The molecule has 7 nitrogen and oxygen atoms in total. The zero-order chi connectivity index (χ0) is 21.8. The van der Waals surface area contributed by atoms with Gasteiger partial charge >= 0.3 is 0 Å². The van der Waals surface area contributed by atoms with Crippen LogP contribution in [0.25, 0.3) is 18.2 Å². The summed E-state index contributed by atoms with van der Waals surface area (Å²) in [5.41, 5.74) is 2.52. The molecule has 0 unspecified atom stereocenters. The molecule has 1 aromatic heterocycles. The number of allylic oxidation sites excluding steroid dienone is 2. The molecule has 0 bridgehead atoms. The van der Waals surface area contributed by atoms with E-state index in [1.54, 1.807) is 30.3 Å². The van der Waals surface area contributed by atoms with Crippen molar-refractivity contribution in [2.24, 2.45) is 0 Å². The molecule has 0 radical (unpaired) electrons. The summed E-state index contributed by atoms with van der Waals surface area (Å²) in [6, 6.07) is 5.45. The minimum Gasteiger partial charge on any atom is -0.361 e. The SMILES string of the molecule is CNCC(=O)N1CC=Cc2ccc(NC(=O)Cc3c[nH]c4c(c3=O)=CCC=CC=4)cc21. The molecule has 0 saturated heterocycles. The number of anilines is 2. The lowest BCUT2D eigenvalue weighted by atomic mass is 10.1. The third-order valence-electron chi connectivity index (χ3n) is 5.26. The van der Waals surface area contributed by atoms with Gasteiger partial charge in [-0.1, -0.05) is 36.4 Å². The number of carbonyl (C=O) groups excluding carboxylic acids is 2. The lowest BCUT2D eigenvalue weighted by Crippen LogP contribution is -2.43. The zero-order valence-electron chi connectivity index (χ0n) is 17.3. The van der Waals surface area contributed by atoms with Crippen molar-refractivity contribution < 1.29 is 9.59 Å². The van der Waals surface area contributed by atoms with Crippen molar-refractivity contribution in [2.75, 3.05) is 30.4 Å². The summed E-state index contributed by atoms with van der Waals surface area (Å²) in [4.78, 5) is 42.6. The molecule has 31 heavy (non-hydrogen) atoms. The van der Waals surface area contributed by atoms with E-state index >= 15 is 0 Å². The summed E-state index contributed by atoms with van der Waals surface area (Å²) in [6.07, 6.45) is 13.7. The number of hydrogen-bond donors (Lipinski definition) is 3. The van der Waals surface area contributed by atoms with Gasteiger partial charge < -0.3 is 20.5 Å². The number of pyridine rings is 1. The van der Waals surface area contributed by atoms with Gasteiger partial charge in [0.2, 0.25) is 11.8 Å². The second-order valence-corrected chi connectivity index (χ2v) is 7.44. The molecule has 0 fully saturated rings. The number of benzene rings is 1. The van der Waals surface area contributed by atoms with Crippen LogP contribution in [0.5, 0.6) is 0 Å². The molecule has 3 N–H and O–H groups in total. The Morgan fingerprint density at radius 2 is 2.10 bits per heavy atom. The summed E-state index contributed by atoms with van der Waals surface area (Å²) in [5, 5.41) is 7.07. The van der Waals surface area contributed by atoms with Crippen LogP contribution in [0.2, 0.25) is 0 Å². The maximum atomic E-state index is 12.8. The van der Waals surface area contributed by atoms with E-state index in [9.17, 15) is 14.4 Å². The molecule has 2 amide bonds. The highest BCUT2D eigenvalue weighted by Crippen LogP contribution is 2.29. The van der Waals surface area contributed by atoms with Gasteiger partial charge in [-0.15, -0.1) is 0 Å². The van der Waals surface area contributed by atoms with Crippen LogP contribution in [0.3, 0.4) is 0 Å². The van der Waals surface area contributed by atoms with Crippen molar-refractivity contribution in [3.05, 3.63) is 74.5 Å². The molecule has 0 saturated carbocycles. The Morgan fingerprint density at radius 3 is 2.94 bits per heavy atom. The average Bonchev–Trinajstić information content (AvgIpc) is 3.01. The molecule has 158 valence electrons. The van der Waals surface area contributed by atoms with Crippen molar-refractivity contribution >= 4 is 41.4 Å². The Balaban J connectivity index is 1.54. The Labute approximate surface area is 179 Å². The number of aromatic nitrogens is 1. The van der Waals surface area contributed by atoms with Gasteiger partial charge in [0, 0.05) is 34.6 Å². The molecule has 1 aliphatic carbocycles. The topological polar surface area (TPSA) is 94.3 Å². The van der Waals surface area contributed by atoms with E-state index in [0.29, 0.717) is 29.4 Å². The second kappa shape index (κ2) is 8.97. The van der Waals surface area contributed by atoms with Crippen LogP contribution in [-0.4, -0.2) is 36.9 Å². The van der Waals surface area contributed by atoms with Crippen LogP contribution in [0.4, 0.5) is 11.4 Å². The van der Waals surface area contributed by atoms with Crippen molar-refractivity contribution in [3.63, 3.8) is 0 Å². The Bertz CT molecular complexity index is 1270.